The van der Waals surface area contributed by atoms with Crippen LogP contribution in [-0.4, -0.2) is 9.55 Å². The number of thiophene rings is 1. The molecule has 0 amide bonds. The van der Waals surface area contributed by atoms with Crippen LogP contribution in [0.15, 0.2) is 65.0 Å². The lowest BCUT2D eigenvalue weighted by Crippen LogP contribution is -2.21. The molecule has 0 radical (unpaired) electrons. The Balaban J connectivity index is 1.81. The van der Waals surface area contributed by atoms with Crippen LogP contribution >= 0.6 is 11.3 Å². The standard InChI is InChI=1S/C22H20N2OS/c1-3-16-8-10-17(11-9-16)19-13-26-21-20(19)22(25)24(14-23-21)12-18-7-5-4-6-15(18)2/h4-11,13-14H,3,12H2,1-2H3. The Kier molecular flexibility index (Phi) is 4.43. The minimum atomic E-state index is 0.0223. The molecule has 0 unspecified atom stereocenters. The van der Waals surface area contributed by atoms with Crippen molar-refractivity contribution in [2.75, 3.05) is 0 Å². The lowest BCUT2D eigenvalue weighted by Gasteiger charge is -2.09. The molecule has 0 saturated heterocycles. The molecule has 2 aromatic heterocycles. The number of rotatable bonds is 4. The molecule has 0 fully saturated rings. The van der Waals surface area contributed by atoms with Crippen LogP contribution in [0, 0.1) is 6.92 Å². The van der Waals surface area contributed by atoms with Gasteiger partial charge in [-0.15, -0.1) is 11.3 Å². The highest BCUT2D eigenvalue weighted by molar-refractivity contribution is 7.17. The molecule has 4 rings (SSSR count). The quantitative estimate of drug-likeness (QED) is 0.511. The third kappa shape index (κ3) is 2.97. The minimum Gasteiger partial charge on any atom is -0.294 e. The van der Waals surface area contributed by atoms with Crippen LogP contribution in [-0.2, 0) is 13.0 Å². The number of benzene rings is 2. The normalized spacial score (nSPS) is 11.2. The number of aryl methyl sites for hydroxylation is 2. The van der Waals surface area contributed by atoms with Gasteiger partial charge in [0.25, 0.3) is 5.56 Å². The van der Waals surface area contributed by atoms with Crippen LogP contribution in [0.5, 0.6) is 0 Å². The van der Waals surface area contributed by atoms with Crippen molar-refractivity contribution in [3.8, 4) is 11.1 Å². The molecule has 26 heavy (non-hydrogen) atoms. The van der Waals surface area contributed by atoms with Crippen LogP contribution in [0.2, 0.25) is 0 Å². The second kappa shape index (κ2) is 6.89. The molecular weight excluding hydrogens is 340 g/mol. The number of hydrogen-bond acceptors (Lipinski definition) is 3. The lowest BCUT2D eigenvalue weighted by atomic mass is 10.0. The number of fused-ring (bicyclic) bond motifs is 1. The molecule has 4 aromatic rings. The van der Waals surface area contributed by atoms with E-state index in [4.69, 9.17) is 0 Å². The molecule has 0 saturated carbocycles. The maximum atomic E-state index is 13.2. The molecule has 0 aliphatic heterocycles. The maximum Gasteiger partial charge on any atom is 0.263 e. The van der Waals surface area contributed by atoms with Gasteiger partial charge in [0.2, 0.25) is 0 Å². The van der Waals surface area contributed by atoms with Gasteiger partial charge >= 0.3 is 0 Å². The van der Waals surface area contributed by atoms with Crippen molar-refractivity contribution in [1.29, 1.82) is 0 Å². The zero-order chi connectivity index (χ0) is 18.1. The summed E-state index contributed by atoms with van der Waals surface area (Å²) in [6, 6.07) is 16.6. The van der Waals surface area contributed by atoms with Crippen molar-refractivity contribution in [3.63, 3.8) is 0 Å². The van der Waals surface area contributed by atoms with E-state index >= 15 is 0 Å². The fraction of sp³-hybridized carbons (Fsp3) is 0.182. The SMILES string of the molecule is CCc1ccc(-c2csc3ncn(Cc4ccccc4C)c(=O)c23)cc1. The largest absolute Gasteiger partial charge is 0.294 e. The Morgan fingerprint density at radius 2 is 1.85 bits per heavy atom. The predicted octanol–water partition coefficient (Wildman–Crippen LogP) is 5.04. The van der Waals surface area contributed by atoms with E-state index < -0.39 is 0 Å². The van der Waals surface area contributed by atoms with Crippen molar-refractivity contribution in [2.24, 2.45) is 0 Å². The summed E-state index contributed by atoms with van der Waals surface area (Å²) in [7, 11) is 0. The molecule has 0 N–H and O–H groups in total. The smallest absolute Gasteiger partial charge is 0.263 e. The molecule has 0 spiro atoms. The van der Waals surface area contributed by atoms with Crippen LogP contribution < -0.4 is 5.56 Å². The van der Waals surface area contributed by atoms with E-state index in [0.717, 1.165) is 33.3 Å². The maximum absolute atomic E-state index is 13.2. The van der Waals surface area contributed by atoms with Gasteiger partial charge in [0.15, 0.2) is 0 Å². The summed E-state index contributed by atoms with van der Waals surface area (Å²) in [5.74, 6) is 0. The van der Waals surface area contributed by atoms with Crippen LogP contribution in [0.3, 0.4) is 0 Å². The number of nitrogens with zero attached hydrogens (tertiary/aromatic N) is 2. The minimum absolute atomic E-state index is 0.0223. The first-order chi connectivity index (χ1) is 12.7. The first kappa shape index (κ1) is 16.7. The van der Waals surface area contributed by atoms with Crippen LogP contribution in [0.1, 0.15) is 23.6 Å². The van der Waals surface area contributed by atoms with E-state index in [2.05, 4.69) is 55.2 Å². The van der Waals surface area contributed by atoms with E-state index in [0.29, 0.717) is 6.54 Å². The van der Waals surface area contributed by atoms with Gasteiger partial charge in [-0.25, -0.2) is 4.98 Å². The number of aromatic nitrogens is 2. The van der Waals surface area contributed by atoms with E-state index in [-0.39, 0.29) is 5.56 Å². The first-order valence-corrected chi connectivity index (χ1v) is 9.66. The van der Waals surface area contributed by atoms with Crippen LogP contribution in [0.4, 0.5) is 0 Å². The Labute approximate surface area is 156 Å². The van der Waals surface area contributed by atoms with Crippen molar-refractivity contribution in [3.05, 3.63) is 87.3 Å². The molecule has 3 nitrogen and oxygen atoms in total. The van der Waals surface area contributed by atoms with Gasteiger partial charge in [0, 0.05) is 10.9 Å². The monoisotopic (exact) mass is 360 g/mol. The van der Waals surface area contributed by atoms with E-state index in [1.165, 1.54) is 22.5 Å². The average Bonchev–Trinajstić information content (AvgIpc) is 3.10. The zero-order valence-corrected chi connectivity index (χ0v) is 15.7. The van der Waals surface area contributed by atoms with E-state index in [1.807, 2.05) is 17.5 Å². The van der Waals surface area contributed by atoms with Crippen molar-refractivity contribution >= 4 is 21.6 Å². The van der Waals surface area contributed by atoms with Crippen molar-refractivity contribution in [2.45, 2.75) is 26.8 Å². The Morgan fingerprint density at radius 1 is 1.08 bits per heavy atom. The van der Waals surface area contributed by atoms with Gasteiger partial charge in [0.05, 0.1) is 18.3 Å². The Bertz CT molecular complexity index is 1120. The summed E-state index contributed by atoms with van der Waals surface area (Å²) < 4.78 is 1.71. The van der Waals surface area contributed by atoms with Gasteiger partial charge in [-0.05, 0) is 35.6 Å². The lowest BCUT2D eigenvalue weighted by molar-refractivity contribution is 0.745. The zero-order valence-electron chi connectivity index (χ0n) is 14.9. The van der Waals surface area contributed by atoms with Gasteiger partial charge < -0.3 is 0 Å². The summed E-state index contributed by atoms with van der Waals surface area (Å²) in [5.41, 5.74) is 5.68. The van der Waals surface area contributed by atoms with Gasteiger partial charge in [-0.3, -0.25) is 9.36 Å². The van der Waals surface area contributed by atoms with E-state index in [1.54, 1.807) is 10.9 Å². The highest BCUT2D eigenvalue weighted by Gasteiger charge is 2.13. The molecule has 2 aromatic carbocycles. The summed E-state index contributed by atoms with van der Waals surface area (Å²) in [4.78, 5) is 18.5. The molecule has 0 aliphatic carbocycles. The van der Waals surface area contributed by atoms with Crippen molar-refractivity contribution < 1.29 is 0 Å². The topological polar surface area (TPSA) is 34.9 Å². The fourth-order valence-corrected chi connectivity index (χ4v) is 4.09. The molecule has 4 heteroatoms. The third-order valence-corrected chi connectivity index (χ3v) is 5.72. The van der Waals surface area contributed by atoms with Crippen LogP contribution in [0.25, 0.3) is 21.3 Å². The second-order valence-corrected chi connectivity index (χ2v) is 7.34. The average molecular weight is 360 g/mol. The fourth-order valence-electron chi connectivity index (χ4n) is 3.18. The van der Waals surface area contributed by atoms with Crippen molar-refractivity contribution in [1.82, 2.24) is 9.55 Å². The van der Waals surface area contributed by atoms with Gasteiger partial charge in [-0.1, -0.05) is 55.5 Å². The molecule has 2 heterocycles. The molecular formula is C22H20N2OS. The predicted molar refractivity (Wildman–Crippen MR) is 109 cm³/mol. The van der Waals surface area contributed by atoms with Gasteiger partial charge in [-0.2, -0.15) is 0 Å². The molecule has 0 aliphatic rings. The summed E-state index contributed by atoms with van der Waals surface area (Å²) in [5, 5.41) is 2.76. The highest BCUT2D eigenvalue weighted by atomic mass is 32.1. The van der Waals surface area contributed by atoms with E-state index in [9.17, 15) is 4.79 Å². The van der Waals surface area contributed by atoms with Gasteiger partial charge in [0.1, 0.15) is 4.83 Å². The Morgan fingerprint density at radius 3 is 2.58 bits per heavy atom. The first-order valence-electron chi connectivity index (χ1n) is 8.78. The second-order valence-electron chi connectivity index (χ2n) is 6.48. The highest BCUT2D eigenvalue weighted by Crippen LogP contribution is 2.30. The molecule has 130 valence electrons. The third-order valence-electron chi connectivity index (χ3n) is 4.84. The molecule has 0 atom stereocenters. The summed E-state index contributed by atoms with van der Waals surface area (Å²) in [6.45, 7) is 4.75. The summed E-state index contributed by atoms with van der Waals surface area (Å²) >= 11 is 1.53. The summed E-state index contributed by atoms with van der Waals surface area (Å²) in [6.07, 6.45) is 2.67. The Hall–Kier alpha value is -2.72. The number of hydrogen-bond donors (Lipinski definition) is 0. The molecule has 0 bridgehead atoms.